The van der Waals surface area contributed by atoms with Crippen molar-refractivity contribution in [2.24, 2.45) is 0 Å². The Balaban J connectivity index is 0.000000192. The predicted molar refractivity (Wildman–Crippen MR) is 115 cm³/mol. The summed E-state index contributed by atoms with van der Waals surface area (Å²) in [7, 11) is 1.36. The molecular weight excluding hydrogens is 456 g/mol. The van der Waals surface area contributed by atoms with Crippen LogP contribution in [-0.4, -0.2) is 79.2 Å². The van der Waals surface area contributed by atoms with Gasteiger partial charge in [0.05, 0.1) is 19.3 Å². The molecule has 4 heterocycles. The van der Waals surface area contributed by atoms with Gasteiger partial charge in [-0.1, -0.05) is 0 Å². The number of methoxy groups -OCH3 is 1. The van der Waals surface area contributed by atoms with E-state index in [4.69, 9.17) is 24.4 Å². The smallest absolute Gasteiger partial charge is 0.330 e. The maximum atomic E-state index is 11.6. The Hall–Kier alpha value is -2.88. The number of aryl methyl sites for hydroxylation is 1. The van der Waals surface area contributed by atoms with Crippen LogP contribution in [0.25, 0.3) is 0 Å². The quantitative estimate of drug-likeness (QED) is 0.298. The number of hydrogen-bond acceptors (Lipinski definition) is 10. The molecule has 4 rings (SSSR count). The Morgan fingerprint density at radius 1 is 1.06 bits per heavy atom. The predicted octanol–water partition coefficient (Wildman–Crippen LogP) is -2.68. The number of aromatic amines is 2. The van der Waals surface area contributed by atoms with E-state index in [2.05, 4.69) is 9.97 Å². The number of nitrogens with zero attached hydrogens (tertiary/aromatic N) is 2. The van der Waals surface area contributed by atoms with Crippen molar-refractivity contribution in [3.8, 4) is 0 Å². The molecule has 34 heavy (non-hydrogen) atoms. The Morgan fingerprint density at radius 3 is 2.35 bits per heavy atom. The molecule has 188 valence electrons. The lowest BCUT2D eigenvalue weighted by atomic mass is 10.1. The van der Waals surface area contributed by atoms with E-state index in [1.807, 2.05) is 0 Å². The van der Waals surface area contributed by atoms with Gasteiger partial charge in [0.15, 0.2) is 6.23 Å². The van der Waals surface area contributed by atoms with Gasteiger partial charge in [0.2, 0.25) is 0 Å². The van der Waals surface area contributed by atoms with Crippen molar-refractivity contribution in [2.75, 3.05) is 20.3 Å². The average Bonchev–Trinajstić information content (AvgIpc) is 3.40. The molecule has 6 atom stereocenters. The molecule has 2 aromatic rings. The lowest BCUT2D eigenvalue weighted by Gasteiger charge is -2.19. The second-order valence-electron chi connectivity index (χ2n) is 7.91. The van der Waals surface area contributed by atoms with Gasteiger partial charge in [-0.3, -0.25) is 28.7 Å². The highest BCUT2D eigenvalue weighted by Crippen LogP contribution is 2.30. The van der Waals surface area contributed by atoms with Crippen LogP contribution in [-0.2, 0) is 14.2 Å². The number of aliphatic hydroxyl groups excluding tert-OH is 3. The van der Waals surface area contributed by atoms with Crippen LogP contribution in [0.15, 0.2) is 37.6 Å². The minimum absolute atomic E-state index is 0.0480. The summed E-state index contributed by atoms with van der Waals surface area (Å²) in [5.41, 5.74) is -1.57. The van der Waals surface area contributed by atoms with Crippen molar-refractivity contribution in [3.05, 3.63) is 65.7 Å². The number of aromatic nitrogens is 4. The van der Waals surface area contributed by atoms with E-state index >= 15 is 0 Å². The van der Waals surface area contributed by atoms with Crippen molar-refractivity contribution >= 4 is 0 Å². The van der Waals surface area contributed by atoms with Gasteiger partial charge in [0.1, 0.15) is 24.5 Å². The van der Waals surface area contributed by atoms with Crippen molar-refractivity contribution < 1.29 is 29.5 Å². The third-order valence-electron chi connectivity index (χ3n) is 5.64. The van der Waals surface area contributed by atoms with Crippen LogP contribution in [0.5, 0.6) is 0 Å². The van der Waals surface area contributed by atoms with Crippen molar-refractivity contribution in [2.45, 2.75) is 56.6 Å². The zero-order chi connectivity index (χ0) is 25.0. The summed E-state index contributed by atoms with van der Waals surface area (Å²) in [6, 6.07) is 1.16. The van der Waals surface area contributed by atoms with Crippen molar-refractivity contribution in [1.82, 2.24) is 19.1 Å². The standard InChI is InChI=1S/C10H14N2O6.C10H14N2O4/c1-17-8-7(15)5(4-13)18-9(8)12-3-2-6(14)11-10(12)16;1-6-4-12(10(15)11-9(6)14)8-3-2-7(5-13)16-8/h2-3,5,7-9,13,15H,4H2,1H3,(H,11,14,16);4,7-8,13H,2-3,5H2,1H3,(H,11,14,15)/t5-,7-,8-,9-;7-,8+/m10/s1. The number of nitrogens with one attached hydrogen (secondary N) is 2. The zero-order valence-corrected chi connectivity index (χ0v) is 18.6. The lowest BCUT2D eigenvalue weighted by molar-refractivity contribution is -0.0625. The molecular formula is C20H28N4O10. The molecule has 0 saturated carbocycles. The van der Waals surface area contributed by atoms with Crippen LogP contribution in [0.2, 0.25) is 0 Å². The maximum Gasteiger partial charge on any atom is 0.330 e. The molecule has 2 aliphatic heterocycles. The molecule has 0 aliphatic carbocycles. The van der Waals surface area contributed by atoms with Gasteiger partial charge in [0.25, 0.3) is 11.1 Å². The van der Waals surface area contributed by atoms with Crippen LogP contribution in [0.1, 0.15) is 30.9 Å². The number of aliphatic hydroxyl groups is 3. The monoisotopic (exact) mass is 484 g/mol. The minimum Gasteiger partial charge on any atom is -0.394 e. The van der Waals surface area contributed by atoms with Crippen molar-refractivity contribution in [3.63, 3.8) is 0 Å². The molecule has 2 fully saturated rings. The second-order valence-corrected chi connectivity index (χ2v) is 7.91. The summed E-state index contributed by atoms with van der Waals surface area (Å²) < 4.78 is 18.4. The Morgan fingerprint density at radius 2 is 1.76 bits per heavy atom. The molecule has 0 amide bonds. The van der Waals surface area contributed by atoms with E-state index in [1.165, 1.54) is 24.1 Å². The van der Waals surface area contributed by atoms with E-state index in [0.29, 0.717) is 18.4 Å². The second kappa shape index (κ2) is 11.0. The molecule has 2 aromatic heterocycles. The molecule has 0 aromatic carbocycles. The highest BCUT2D eigenvalue weighted by atomic mass is 16.6. The summed E-state index contributed by atoms with van der Waals surface area (Å²) >= 11 is 0. The Labute approximate surface area is 192 Å². The summed E-state index contributed by atoms with van der Waals surface area (Å²) in [5.74, 6) is 0. The van der Waals surface area contributed by atoms with E-state index in [1.54, 1.807) is 6.92 Å². The van der Waals surface area contributed by atoms with Gasteiger partial charge < -0.3 is 29.5 Å². The van der Waals surface area contributed by atoms with Gasteiger partial charge in [0, 0.05) is 31.1 Å². The molecule has 0 spiro atoms. The fraction of sp³-hybridized carbons (Fsp3) is 0.600. The van der Waals surface area contributed by atoms with Gasteiger partial charge >= 0.3 is 11.4 Å². The molecule has 14 nitrogen and oxygen atoms in total. The van der Waals surface area contributed by atoms with Crippen LogP contribution >= 0.6 is 0 Å². The van der Waals surface area contributed by atoms with E-state index in [9.17, 15) is 24.3 Å². The fourth-order valence-electron chi connectivity index (χ4n) is 3.80. The summed E-state index contributed by atoms with van der Waals surface area (Å²) in [5, 5.41) is 27.8. The Kier molecular flexibility index (Phi) is 8.35. The van der Waals surface area contributed by atoms with Gasteiger partial charge in [-0.15, -0.1) is 0 Å². The van der Waals surface area contributed by atoms with Gasteiger partial charge in [-0.25, -0.2) is 9.59 Å². The number of hydrogen-bond donors (Lipinski definition) is 5. The molecule has 2 aliphatic rings. The lowest BCUT2D eigenvalue weighted by Crippen LogP contribution is -2.38. The number of ether oxygens (including phenoxy) is 3. The van der Waals surface area contributed by atoms with Gasteiger partial charge in [-0.2, -0.15) is 0 Å². The highest BCUT2D eigenvalue weighted by Gasteiger charge is 2.45. The third kappa shape index (κ3) is 5.43. The summed E-state index contributed by atoms with van der Waals surface area (Å²) in [6.07, 6.45) is -0.0672. The van der Waals surface area contributed by atoms with E-state index in [-0.39, 0.29) is 24.5 Å². The fourth-order valence-corrected chi connectivity index (χ4v) is 3.80. The number of rotatable bonds is 5. The summed E-state index contributed by atoms with van der Waals surface area (Å²) in [4.78, 5) is 49.6. The first-order valence-electron chi connectivity index (χ1n) is 10.6. The van der Waals surface area contributed by atoms with Gasteiger partial charge in [-0.05, 0) is 19.8 Å². The SMILES string of the molecule is CO[C@@H]1[C@H](O)[C@@H](CO)O[C@H]1n1ccc(=O)[nH]c1=O.Cc1cn([C@H]2CC[C@@H](CO)O2)c(=O)[nH]c1=O. The van der Waals surface area contributed by atoms with Crippen molar-refractivity contribution in [1.29, 1.82) is 0 Å². The average molecular weight is 484 g/mol. The highest BCUT2D eigenvalue weighted by molar-refractivity contribution is 5.01. The molecule has 0 unspecified atom stereocenters. The largest absolute Gasteiger partial charge is 0.394 e. The van der Waals surface area contributed by atoms with Crippen LogP contribution in [0, 0.1) is 6.92 Å². The summed E-state index contributed by atoms with van der Waals surface area (Å²) in [6.45, 7) is 1.19. The van der Waals surface area contributed by atoms with E-state index < -0.39 is 48.1 Å². The first kappa shape index (κ1) is 25.7. The van der Waals surface area contributed by atoms with Crippen LogP contribution < -0.4 is 22.5 Å². The normalized spacial score (nSPS) is 28.5. The first-order chi connectivity index (χ1) is 16.2. The maximum absolute atomic E-state index is 11.6. The molecule has 14 heteroatoms. The topological polar surface area (TPSA) is 198 Å². The molecule has 0 bridgehead atoms. The molecule has 0 radical (unpaired) electrons. The zero-order valence-electron chi connectivity index (χ0n) is 18.6. The Bertz CT molecular complexity index is 1200. The third-order valence-corrected chi connectivity index (χ3v) is 5.64. The van der Waals surface area contributed by atoms with Crippen LogP contribution in [0.4, 0.5) is 0 Å². The molecule has 2 saturated heterocycles. The van der Waals surface area contributed by atoms with Crippen LogP contribution in [0.3, 0.4) is 0 Å². The van der Waals surface area contributed by atoms with E-state index in [0.717, 1.165) is 10.6 Å². The molecule has 5 N–H and O–H groups in total. The first-order valence-corrected chi connectivity index (χ1v) is 10.6. The number of H-pyrrole nitrogens is 2. The minimum atomic E-state index is -1.05.